The lowest BCUT2D eigenvalue weighted by molar-refractivity contribution is -0.155. The lowest BCUT2D eigenvalue weighted by atomic mass is 9.95. The SMILES string of the molecule is CC.CC(C)C(=O)N1CC(C)(O)C1. The summed E-state index contributed by atoms with van der Waals surface area (Å²) in [5.74, 6) is 0.183. The fourth-order valence-electron chi connectivity index (χ4n) is 1.30. The van der Waals surface area contributed by atoms with Gasteiger partial charge in [-0.25, -0.2) is 0 Å². The summed E-state index contributed by atoms with van der Waals surface area (Å²) in [5, 5.41) is 9.32. The number of hydrogen-bond acceptors (Lipinski definition) is 2. The van der Waals surface area contributed by atoms with Gasteiger partial charge in [0.1, 0.15) is 0 Å². The van der Waals surface area contributed by atoms with E-state index >= 15 is 0 Å². The highest BCUT2D eigenvalue weighted by molar-refractivity contribution is 5.79. The third kappa shape index (κ3) is 3.35. The molecule has 0 atom stereocenters. The maximum absolute atomic E-state index is 11.2. The van der Waals surface area contributed by atoms with Crippen molar-refractivity contribution in [1.82, 2.24) is 4.90 Å². The summed E-state index contributed by atoms with van der Waals surface area (Å²) in [5.41, 5.74) is -0.634. The van der Waals surface area contributed by atoms with E-state index < -0.39 is 5.60 Å². The van der Waals surface area contributed by atoms with Gasteiger partial charge in [0.25, 0.3) is 0 Å². The highest BCUT2D eigenvalue weighted by Crippen LogP contribution is 2.21. The average molecular weight is 187 g/mol. The third-order valence-electron chi connectivity index (χ3n) is 1.87. The summed E-state index contributed by atoms with van der Waals surface area (Å²) >= 11 is 0. The van der Waals surface area contributed by atoms with Crippen molar-refractivity contribution in [2.24, 2.45) is 5.92 Å². The van der Waals surface area contributed by atoms with Gasteiger partial charge in [-0.05, 0) is 6.92 Å². The molecule has 0 unspecified atom stereocenters. The summed E-state index contributed by atoms with van der Waals surface area (Å²) in [6.45, 7) is 10.5. The Balaban J connectivity index is 0.000000671. The number of rotatable bonds is 1. The molecule has 78 valence electrons. The summed E-state index contributed by atoms with van der Waals surface area (Å²) in [6, 6.07) is 0. The summed E-state index contributed by atoms with van der Waals surface area (Å²) in [4.78, 5) is 12.9. The smallest absolute Gasteiger partial charge is 0.225 e. The molecule has 13 heavy (non-hydrogen) atoms. The van der Waals surface area contributed by atoms with E-state index in [4.69, 9.17) is 0 Å². The van der Waals surface area contributed by atoms with Crippen LogP contribution in [0.15, 0.2) is 0 Å². The van der Waals surface area contributed by atoms with Crippen molar-refractivity contribution in [3.8, 4) is 0 Å². The normalized spacial score (nSPS) is 18.8. The van der Waals surface area contributed by atoms with Crippen LogP contribution >= 0.6 is 0 Å². The van der Waals surface area contributed by atoms with E-state index in [1.165, 1.54) is 0 Å². The number of amides is 1. The van der Waals surface area contributed by atoms with E-state index in [0.717, 1.165) is 0 Å². The molecule has 1 N–H and O–H groups in total. The fraction of sp³-hybridized carbons (Fsp3) is 0.900. The third-order valence-corrected chi connectivity index (χ3v) is 1.87. The Morgan fingerprint density at radius 3 is 2.00 bits per heavy atom. The molecule has 0 aromatic rings. The van der Waals surface area contributed by atoms with Crippen molar-refractivity contribution in [2.45, 2.75) is 40.2 Å². The van der Waals surface area contributed by atoms with Crippen LogP contribution in [0.4, 0.5) is 0 Å². The maximum Gasteiger partial charge on any atom is 0.225 e. The monoisotopic (exact) mass is 187 g/mol. The van der Waals surface area contributed by atoms with Crippen LogP contribution in [0.1, 0.15) is 34.6 Å². The Morgan fingerprint density at radius 2 is 1.77 bits per heavy atom. The molecule has 3 heteroatoms. The fourth-order valence-corrected chi connectivity index (χ4v) is 1.30. The molecule has 0 spiro atoms. The Kier molecular flexibility index (Phi) is 4.40. The topological polar surface area (TPSA) is 40.5 Å². The summed E-state index contributed by atoms with van der Waals surface area (Å²) < 4.78 is 0. The van der Waals surface area contributed by atoms with Gasteiger partial charge in [0.05, 0.1) is 18.7 Å². The zero-order chi connectivity index (χ0) is 10.6. The largest absolute Gasteiger partial charge is 0.386 e. The molecule has 1 rings (SSSR count). The van der Waals surface area contributed by atoms with Gasteiger partial charge in [0.15, 0.2) is 0 Å². The van der Waals surface area contributed by atoms with Gasteiger partial charge < -0.3 is 10.0 Å². The van der Waals surface area contributed by atoms with Crippen LogP contribution in [0, 0.1) is 5.92 Å². The Hall–Kier alpha value is -0.570. The molecule has 0 saturated carbocycles. The van der Waals surface area contributed by atoms with E-state index in [1.54, 1.807) is 11.8 Å². The van der Waals surface area contributed by atoms with Gasteiger partial charge in [-0.15, -0.1) is 0 Å². The van der Waals surface area contributed by atoms with Crippen molar-refractivity contribution in [1.29, 1.82) is 0 Å². The first-order valence-corrected chi connectivity index (χ1v) is 4.93. The number of carbonyl (C=O) groups is 1. The highest BCUT2D eigenvalue weighted by Gasteiger charge is 2.39. The molecule has 1 aliphatic rings. The van der Waals surface area contributed by atoms with Crippen LogP contribution in [0.2, 0.25) is 0 Å². The second-order valence-corrected chi connectivity index (χ2v) is 3.85. The molecular formula is C10H21NO2. The standard InChI is InChI=1S/C8H15NO2.C2H6/c1-6(2)7(10)9-4-8(3,11)5-9;1-2/h6,11H,4-5H2,1-3H3;1-2H3. The number of likely N-dealkylation sites (tertiary alicyclic amines) is 1. The first-order chi connectivity index (χ1) is 5.92. The van der Waals surface area contributed by atoms with E-state index in [1.807, 2.05) is 27.7 Å². The van der Waals surface area contributed by atoms with Crippen molar-refractivity contribution < 1.29 is 9.90 Å². The van der Waals surface area contributed by atoms with Crippen LogP contribution in [0.5, 0.6) is 0 Å². The molecule has 3 nitrogen and oxygen atoms in total. The minimum absolute atomic E-state index is 0.0473. The van der Waals surface area contributed by atoms with Crippen LogP contribution < -0.4 is 0 Å². The molecule has 0 bridgehead atoms. The zero-order valence-corrected chi connectivity index (χ0v) is 9.29. The second kappa shape index (κ2) is 4.61. The van der Waals surface area contributed by atoms with E-state index in [0.29, 0.717) is 13.1 Å². The van der Waals surface area contributed by atoms with Crippen molar-refractivity contribution in [3.05, 3.63) is 0 Å². The van der Waals surface area contributed by atoms with Gasteiger partial charge in [0.2, 0.25) is 5.91 Å². The van der Waals surface area contributed by atoms with Crippen LogP contribution in [0.25, 0.3) is 0 Å². The summed E-state index contributed by atoms with van der Waals surface area (Å²) in [7, 11) is 0. The molecule has 1 aliphatic heterocycles. The number of β-amino-alcohol motifs (C(OH)–C–C–N with tert-alkyl or cyclic N) is 1. The van der Waals surface area contributed by atoms with Crippen LogP contribution in [-0.2, 0) is 4.79 Å². The predicted molar refractivity (Wildman–Crippen MR) is 53.4 cm³/mol. The van der Waals surface area contributed by atoms with E-state index in [9.17, 15) is 9.90 Å². The van der Waals surface area contributed by atoms with Gasteiger partial charge in [-0.3, -0.25) is 4.79 Å². The van der Waals surface area contributed by atoms with Crippen LogP contribution in [-0.4, -0.2) is 34.6 Å². The van der Waals surface area contributed by atoms with E-state index in [-0.39, 0.29) is 11.8 Å². The first kappa shape index (κ1) is 12.4. The lowest BCUT2D eigenvalue weighted by Crippen LogP contribution is -2.62. The van der Waals surface area contributed by atoms with Gasteiger partial charge in [0, 0.05) is 5.92 Å². The molecule has 1 fully saturated rings. The number of aliphatic hydroxyl groups is 1. The van der Waals surface area contributed by atoms with Crippen LogP contribution in [0.3, 0.4) is 0 Å². The molecule has 0 aromatic carbocycles. The van der Waals surface area contributed by atoms with Gasteiger partial charge in [-0.2, -0.15) is 0 Å². The molecule has 1 amide bonds. The highest BCUT2D eigenvalue weighted by atomic mass is 16.3. The van der Waals surface area contributed by atoms with Gasteiger partial charge in [-0.1, -0.05) is 27.7 Å². The Labute approximate surface area is 80.7 Å². The Morgan fingerprint density at radius 1 is 1.38 bits per heavy atom. The minimum atomic E-state index is -0.634. The first-order valence-electron chi connectivity index (χ1n) is 4.93. The average Bonchev–Trinajstić information content (AvgIpc) is 2.02. The quantitative estimate of drug-likeness (QED) is 0.671. The van der Waals surface area contributed by atoms with Crippen molar-refractivity contribution in [3.63, 3.8) is 0 Å². The summed E-state index contributed by atoms with van der Waals surface area (Å²) in [6.07, 6.45) is 0. The Bertz CT molecular complexity index is 168. The van der Waals surface area contributed by atoms with Crippen molar-refractivity contribution >= 4 is 5.91 Å². The molecule has 1 saturated heterocycles. The molecule has 1 heterocycles. The molecular weight excluding hydrogens is 166 g/mol. The molecule has 0 aromatic heterocycles. The lowest BCUT2D eigenvalue weighted by Gasteiger charge is -2.44. The second-order valence-electron chi connectivity index (χ2n) is 3.85. The number of hydrogen-bond donors (Lipinski definition) is 1. The van der Waals surface area contributed by atoms with E-state index in [2.05, 4.69) is 0 Å². The molecule has 0 aliphatic carbocycles. The zero-order valence-electron chi connectivity index (χ0n) is 9.29. The molecule has 0 radical (unpaired) electrons. The van der Waals surface area contributed by atoms with Gasteiger partial charge >= 0.3 is 0 Å². The maximum atomic E-state index is 11.2. The number of nitrogens with zero attached hydrogens (tertiary/aromatic N) is 1. The predicted octanol–water partition coefficient (Wildman–Crippen LogP) is 1.26. The minimum Gasteiger partial charge on any atom is -0.386 e. The number of carbonyl (C=O) groups excluding carboxylic acids is 1. The van der Waals surface area contributed by atoms with Crippen molar-refractivity contribution in [2.75, 3.05) is 13.1 Å².